The SMILES string of the molecule is CC(CN1CCN2CCCCC2C1)C(=O)NN. The van der Waals surface area contributed by atoms with Crippen LogP contribution >= 0.6 is 0 Å². The lowest BCUT2D eigenvalue weighted by Crippen LogP contribution is -2.56. The van der Waals surface area contributed by atoms with Gasteiger partial charge in [-0.2, -0.15) is 0 Å². The van der Waals surface area contributed by atoms with Gasteiger partial charge >= 0.3 is 0 Å². The van der Waals surface area contributed by atoms with Gasteiger partial charge in [-0.25, -0.2) is 5.84 Å². The monoisotopic (exact) mass is 240 g/mol. The van der Waals surface area contributed by atoms with Crippen LogP contribution in [0.15, 0.2) is 0 Å². The van der Waals surface area contributed by atoms with Crippen LogP contribution in [0.4, 0.5) is 0 Å². The van der Waals surface area contributed by atoms with E-state index in [4.69, 9.17) is 5.84 Å². The van der Waals surface area contributed by atoms with E-state index in [1.165, 1.54) is 25.8 Å². The third-order valence-electron chi connectivity index (χ3n) is 4.04. The van der Waals surface area contributed by atoms with Gasteiger partial charge in [0.05, 0.1) is 0 Å². The van der Waals surface area contributed by atoms with Gasteiger partial charge in [-0.1, -0.05) is 13.3 Å². The summed E-state index contributed by atoms with van der Waals surface area (Å²) in [4.78, 5) is 16.4. The number of piperidine rings is 1. The molecular formula is C12H24N4O. The molecular weight excluding hydrogens is 216 g/mol. The number of rotatable bonds is 3. The van der Waals surface area contributed by atoms with Crippen LogP contribution in [0.5, 0.6) is 0 Å². The molecule has 0 aliphatic carbocycles. The van der Waals surface area contributed by atoms with Crippen molar-refractivity contribution in [2.24, 2.45) is 11.8 Å². The Kier molecular flexibility index (Phi) is 4.36. The normalized spacial score (nSPS) is 28.5. The Morgan fingerprint density at radius 2 is 2.24 bits per heavy atom. The molecule has 98 valence electrons. The van der Waals surface area contributed by atoms with Gasteiger partial charge in [-0.3, -0.25) is 20.0 Å². The highest BCUT2D eigenvalue weighted by atomic mass is 16.2. The summed E-state index contributed by atoms with van der Waals surface area (Å²) in [5, 5.41) is 0. The van der Waals surface area contributed by atoms with Gasteiger partial charge in [0.2, 0.25) is 5.91 Å². The fraction of sp³-hybridized carbons (Fsp3) is 0.917. The molecule has 2 atom stereocenters. The Balaban J connectivity index is 1.81. The first-order valence-electron chi connectivity index (χ1n) is 6.67. The Morgan fingerprint density at radius 1 is 1.41 bits per heavy atom. The van der Waals surface area contributed by atoms with E-state index in [2.05, 4.69) is 15.2 Å². The smallest absolute Gasteiger partial charge is 0.237 e. The number of nitrogens with one attached hydrogen (secondary N) is 1. The maximum Gasteiger partial charge on any atom is 0.237 e. The van der Waals surface area contributed by atoms with Crippen molar-refractivity contribution >= 4 is 5.91 Å². The summed E-state index contributed by atoms with van der Waals surface area (Å²) in [6, 6.07) is 0.714. The largest absolute Gasteiger partial charge is 0.300 e. The zero-order chi connectivity index (χ0) is 12.3. The van der Waals surface area contributed by atoms with Crippen LogP contribution < -0.4 is 11.3 Å². The number of nitrogens with two attached hydrogens (primary N) is 1. The molecule has 2 fully saturated rings. The maximum atomic E-state index is 11.4. The molecule has 0 aromatic carbocycles. The Hall–Kier alpha value is -0.650. The Morgan fingerprint density at radius 3 is 3.00 bits per heavy atom. The topological polar surface area (TPSA) is 61.6 Å². The predicted molar refractivity (Wildman–Crippen MR) is 67.1 cm³/mol. The van der Waals surface area contributed by atoms with E-state index < -0.39 is 0 Å². The van der Waals surface area contributed by atoms with E-state index in [9.17, 15) is 4.79 Å². The molecule has 2 aliphatic heterocycles. The van der Waals surface area contributed by atoms with Crippen LogP contribution in [0, 0.1) is 5.92 Å². The average molecular weight is 240 g/mol. The molecule has 17 heavy (non-hydrogen) atoms. The van der Waals surface area contributed by atoms with Gasteiger partial charge in [0.1, 0.15) is 0 Å². The van der Waals surface area contributed by atoms with Crippen molar-refractivity contribution in [3.05, 3.63) is 0 Å². The molecule has 2 heterocycles. The van der Waals surface area contributed by atoms with Crippen LogP contribution in [0.2, 0.25) is 0 Å². The molecule has 2 saturated heterocycles. The second-order valence-electron chi connectivity index (χ2n) is 5.35. The lowest BCUT2D eigenvalue weighted by Gasteiger charge is -2.44. The predicted octanol–water partition coefficient (Wildman–Crippen LogP) is -0.217. The highest BCUT2D eigenvalue weighted by molar-refractivity contribution is 5.77. The molecule has 5 nitrogen and oxygen atoms in total. The van der Waals surface area contributed by atoms with E-state index in [-0.39, 0.29) is 11.8 Å². The zero-order valence-electron chi connectivity index (χ0n) is 10.7. The molecule has 0 aromatic heterocycles. The quantitative estimate of drug-likeness (QED) is 0.407. The number of hydrogen-bond acceptors (Lipinski definition) is 4. The Bertz CT molecular complexity index is 271. The molecule has 0 saturated carbocycles. The lowest BCUT2D eigenvalue weighted by atomic mass is 9.99. The molecule has 5 heteroatoms. The maximum absolute atomic E-state index is 11.4. The number of piperazine rings is 1. The fourth-order valence-corrected chi connectivity index (χ4v) is 3.00. The van der Waals surface area contributed by atoms with E-state index in [0.717, 1.165) is 26.2 Å². The third kappa shape index (κ3) is 3.18. The molecule has 0 aromatic rings. The molecule has 3 N–H and O–H groups in total. The molecule has 0 bridgehead atoms. The molecule has 2 aliphatic rings. The van der Waals surface area contributed by atoms with E-state index in [0.29, 0.717) is 6.04 Å². The van der Waals surface area contributed by atoms with Crippen molar-refractivity contribution in [2.75, 3.05) is 32.7 Å². The summed E-state index contributed by atoms with van der Waals surface area (Å²) < 4.78 is 0. The molecule has 2 rings (SSSR count). The fourth-order valence-electron chi connectivity index (χ4n) is 3.00. The van der Waals surface area contributed by atoms with Crippen molar-refractivity contribution in [3.63, 3.8) is 0 Å². The number of hydrogen-bond donors (Lipinski definition) is 2. The van der Waals surface area contributed by atoms with E-state index in [1.54, 1.807) is 0 Å². The summed E-state index contributed by atoms with van der Waals surface area (Å²) in [7, 11) is 0. The minimum absolute atomic E-state index is 0.0184. The van der Waals surface area contributed by atoms with Crippen molar-refractivity contribution in [1.82, 2.24) is 15.2 Å². The standard InChI is InChI=1S/C12H24N4O/c1-10(12(17)14-13)8-15-6-7-16-5-3-2-4-11(16)9-15/h10-11H,2-9,13H2,1H3,(H,14,17). The third-order valence-corrected chi connectivity index (χ3v) is 4.04. The number of fused-ring (bicyclic) bond motifs is 1. The summed E-state index contributed by atoms with van der Waals surface area (Å²) >= 11 is 0. The first-order valence-corrected chi connectivity index (χ1v) is 6.67. The van der Waals surface area contributed by atoms with Crippen molar-refractivity contribution in [3.8, 4) is 0 Å². The lowest BCUT2D eigenvalue weighted by molar-refractivity contribution is -0.125. The van der Waals surface area contributed by atoms with Crippen LogP contribution in [-0.4, -0.2) is 54.5 Å². The number of carbonyl (C=O) groups is 1. The molecule has 1 amide bonds. The minimum atomic E-state index is -0.0592. The van der Waals surface area contributed by atoms with Gasteiger partial charge in [0.25, 0.3) is 0 Å². The molecule has 0 radical (unpaired) electrons. The van der Waals surface area contributed by atoms with E-state index >= 15 is 0 Å². The van der Waals surface area contributed by atoms with Crippen LogP contribution in [0.1, 0.15) is 26.2 Å². The van der Waals surface area contributed by atoms with Gasteiger partial charge in [0, 0.05) is 38.1 Å². The van der Waals surface area contributed by atoms with Crippen LogP contribution in [-0.2, 0) is 4.79 Å². The number of carbonyl (C=O) groups excluding carboxylic acids is 1. The number of nitrogens with zero attached hydrogens (tertiary/aromatic N) is 2. The van der Waals surface area contributed by atoms with Crippen LogP contribution in [0.3, 0.4) is 0 Å². The van der Waals surface area contributed by atoms with Crippen molar-refractivity contribution in [1.29, 1.82) is 0 Å². The second-order valence-corrected chi connectivity index (χ2v) is 5.35. The summed E-state index contributed by atoms with van der Waals surface area (Å²) in [6.45, 7) is 7.38. The highest BCUT2D eigenvalue weighted by Gasteiger charge is 2.29. The first kappa shape index (κ1) is 12.8. The Labute approximate surface area is 103 Å². The highest BCUT2D eigenvalue weighted by Crippen LogP contribution is 2.21. The van der Waals surface area contributed by atoms with Crippen LogP contribution in [0.25, 0.3) is 0 Å². The van der Waals surface area contributed by atoms with Gasteiger partial charge in [-0.15, -0.1) is 0 Å². The molecule has 0 spiro atoms. The zero-order valence-corrected chi connectivity index (χ0v) is 10.7. The minimum Gasteiger partial charge on any atom is -0.300 e. The summed E-state index contributed by atoms with van der Waals surface area (Å²) in [5.74, 6) is 5.08. The molecule has 2 unspecified atom stereocenters. The number of amides is 1. The van der Waals surface area contributed by atoms with Crippen molar-refractivity contribution in [2.45, 2.75) is 32.2 Å². The first-order chi connectivity index (χ1) is 8.20. The van der Waals surface area contributed by atoms with Gasteiger partial charge < -0.3 is 0 Å². The average Bonchev–Trinajstić information content (AvgIpc) is 2.37. The van der Waals surface area contributed by atoms with E-state index in [1.807, 2.05) is 6.92 Å². The summed E-state index contributed by atoms with van der Waals surface area (Å²) in [6.07, 6.45) is 4.02. The van der Waals surface area contributed by atoms with Crippen molar-refractivity contribution < 1.29 is 4.79 Å². The second kappa shape index (κ2) is 5.80. The number of hydrazine groups is 1. The van der Waals surface area contributed by atoms with Gasteiger partial charge in [0.15, 0.2) is 0 Å². The van der Waals surface area contributed by atoms with Gasteiger partial charge in [-0.05, 0) is 19.4 Å². The summed E-state index contributed by atoms with van der Waals surface area (Å²) in [5.41, 5.74) is 2.23.